The Morgan fingerprint density at radius 3 is 3.00 bits per heavy atom. The molecular weight excluding hydrogens is 269 g/mol. The van der Waals surface area contributed by atoms with Crippen molar-refractivity contribution in [2.24, 2.45) is 0 Å². The molecule has 0 spiro atoms. The molecule has 1 aromatic carbocycles. The SMILES string of the molecule is OC(CNCC1=CCCOC1)c1ccc(Cl)c(F)c1. The van der Waals surface area contributed by atoms with Gasteiger partial charge < -0.3 is 15.2 Å². The number of aliphatic hydroxyl groups is 1. The van der Waals surface area contributed by atoms with E-state index >= 15 is 0 Å². The maximum atomic E-state index is 13.3. The van der Waals surface area contributed by atoms with Gasteiger partial charge in [0.2, 0.25) is 0 Å². The molecule has 5 heteroatoms. The van der Waals surface area contributed by atoms with E-state index in [0.717, 1.165) is 13.0 Å². The van der Waals surface area contributed by atoms with Gasteiger partial charge >= 0.3 is 0 Å². The minimum absolute atomic E-state index is 0.0634. The summed E-state index contributed by atoms with van der Waals surface area (Å²) in [6.07, 6.45) is 2.32. The first-order chi connectivity index (χ1) is 9.16. The lowest BCUT2D eigenvalue weighted by Gasteiger charge is -2.16. The third-order valence-corrected chi connectivity index (χ3v) is 3.31. The van der Waals surface area contributed by atoms with Crippen LogP contribution >= 0.6 is 11.6 Å². The van der Waals surface area contributed by atoms with Gasteiger partial charge in [-0.05, 0) is 29.7 Å². The van der Waals surface area contributed by atoms with Gasteiger partial charge in [-0.2, -0.15) is 0 Å². The number of benzene rings is 1. The molecule has 0 fully saturated rings. The Morgan fingerprint density at radius 1 is 1.47 bits per heavy atom. The summed E-state index contributed by atoms with van der Waals surface area (Å²) < 4.78 is 18.6. The zero-order chi connectivity index (χ0) is 13.7. The molecule has 104 valence electrons. The predicted octanol–water partition coefficient (Wildman–Crippen LogP) is 2.45. The van der Waals surface area contributed by atoms with Crippen LogP contribution in [0.3, 0.4) is 0 Å². The predicted molar refractivity (Wildman–Crippen MR) is 72.8 cm³/mol. The minimum atomic E-state index is -0.753. The van der Waals surface area contributed by atoms with E-state index in [2.05, 4.69) is 11.4 Å². The summed E-state index contributed by atoms with van der Waals surface area (Å²) in [5.74, 6) is -0.512. The van der Waals surface area contributed by atoms with Gasteiger partial charge in [0.05, 0.1) is 24.3 Å². The molecule has 0 saturated carbocycles. The highest BCUT2D eigenvalue weighted by Crippen LogP contribution is 2.19. The highest BCUT2D eigenvalue weighted by atomic mass is 35.5. The van der Waals surface area contributed by atoms with Gasteiger partial charge in [-0.25, -0.2) is 4.39 Å². The van der Waals surface area contributed by atoms with Crippen molar-refractivity contribution >= 4 is 11.6 Å². The van der Waals surface area contributed by atoms with Crippen LogP contribution < -0.4 is 5.32 Å². The minimum Gasteiger partial charge on any atom is -0.387 e. The number of aliphatic hydroxyl groups excluding tert-OH is 1. The van der Waals surface area contributed by atoms with E-state index in [9.17, 15) is 9.50 Å². The molecule has 19 heavy (non-hydrogen) atoms. The molecule has 1 aliphatic heterocycles. The van der Waals surface area contributed by atoms with Crippen molar-refractivity contribution in [3.8, 4) is 0 Å². The molecule has 0 aromatic heterocycles. The quantitative estimate of drug-likeness (QED) is 0.817. The van der Waals surface area contributed by atoms with Crippen molar-refractivity contribution in [2.75, 3.05) is 26.3 Å². The molecule has 0 radical (unpaired) electrons. The monoisotopic (exact) mass is 285 g/mol. The molecule has 1 aromatic rings. The van der Waals surface area contributed by atoms with Gasteiger partial charge in [-0.15, -0.1) is 0 Å². The van der Waals surface area contributed by atoms with Crippen molar-refractivity contribution in [2.45, 2.75) is 12.5 Å². The first-order valence-corrected chi connectivity index (χ1v) is 6.64. The number of ether oxygens (including phenoxy) is 1. The molecule has 0 amide bonds. The van der Waals surface area contributed by atoms with Gasteiger partial charge in [0.15, 0.2) is 0 Å². The number of hydrogen-bond donors (Lipinski definition) is 2. The molecule has 1 heterocycles. The van der Waals surface area contributed by atoms with E-state index in [0.29, 0.717) is 25.3 Å². The summed E-state index contributed by atoms with van der Waals surface area (Å²) in [5.41, 5.74) is 1.70. The molecule has 0 saturated heterocycles. The van der Waals surface area contributed by atoms with Crippen LogP contribution in [0.4, 0.5) is 4.39 Å². The largest absolute Gasteiger partial charge is 0.387 e. The zero-order valence-corrected chi connectivity index (χ0v) is 11.3. The smallest absolute Gasteiger partial charge is 0.142 e. The van der Waals surface area contributed by atoms with Crippen LogP contribution in [0.2, 0.25) is 5.02 Å². The van der Waals surface area contributed by atoms with Gasteiger partial charge in [-0.3, -0.25) is 0 Å². The van der Waals surface area contributed by atoms with E-state index < -0.39 is 11.9 Å². The lowest BCUT2D eigenvalue weighted by molar-refractivity contribution is 0.146. The standard InChI is InChI=1S/C14H17ClFNO2/c15-12-4-3-11(6-13(12)16)14(18)8-17-7-10-2-1-5-19-9-10/h2-4,6,14,17-18H,1,5,7-9H2. The normalized spacial score (nSPS) is 17.1. The van der Waals surface area contributed by atoms with Crippen LogP contribution in [0.1, 0.15) is 18.1 Å². The third-order valence-electron chi connectivity index (χ3n) is 3.00. The molecule has 3 nitrogen and oxygen atoms in total. The van der Waals surface area contributed by atoms with Crippen LogP contribution in [0.15, 0.2) is 29.8 Å². The van der Waals surface area contributed by atoms with E-state index in [-0.39, 0.29) is 5.02 Å². The molecule has 1 unspecified atom stereocenters. The van der Waals surface area contributed by atoms with E-state index in [1.807, 2.05) is 0 Å². The number of rotatable bonds is 5. The highest BCUT2D eigenvalue weighted by molar-refractivity contribution is 6.30. The molecule has 0 bridgehead atoms. The molecule has 1 atom stereocenters. The van der Waals surface area contributed by atoms with Crippen LogP contribution in [0.5, 0.6) is 0 Å². The zero-order valence-electron chi connectivity index (χ0n) is 10.5. The summed E-state index contributed by atoms with van der Waals surface area (Å²) in [4.78, 5) is 0. The maximum Gasteiger partial charge on any atom is 0.142 e. The van der Waals surface area contributed by atoms with E-state index in [1.165, 1.54) is 17.7 Å². The second kappa shape index (κ2) is 7.01. The van der Waals surface area contributed by atoms with Crippen molar-refractivity contribution in [1.29, 1.82) is 0 Å². The lowest BCUT2D eigenvalue weighted by Crippen LogP contribution is -2.26. The molecule has 2 rings (SSSR count). The van der Waals surface area contributed by atoms with Crippen LogP contribution in [-0.2, 0) is 4.74 Å². The third kappa shape index (κ3) is 4.28. The number of nitrogens with one attached hydrogen (secondary N) is 1. The Labute approximate surface area is 117 Å². The summed E-state index contributed by atoms with van der Waals surface area (Å²) in [5, 5.41) is 13.1. The van der Waals surface area contributed by atoms with E-state index in [4.69, 9.17) is 16.3 Å². The van der Waals surface area contributed by atoms with E-state index in [1.54, 1.807) is 6.07 Å². The fourth-order valence-electron chi connectivity index (χ4n) is 1.94. The first-order valence-electron chi connectivity index (χ1n) is 6.26. The number of hydrogen-bond acceptors (Lipinski definition) is 3. The van der Waals surface area contributed by atoms with Gasteiger partial charge in [0, 0.05) is 13.1 Å². The Morgan fingerprint density at radius 2 is 2.32 bits per heavy atom. The van der Waals surface area contributed by atoms with Crippen molar-refractivity contribution in [3.05, 3.63) is 46.3 Å². The molecule has 1 aliphatic rings. The second-order valence-corrected chi connectivity index (χ2v) is 4.93. The topological polar surface area (TPSA) is 41.5 Å². The Bertz CT molecular complexity index is 465. The molecule has 0 aliphatic carbocycles. The maximum absolute atomic E-state index is 13.3. The fourth-order valence-corrected chi connectivity index (χ4v) is 2.06. The average Bonchev–Trinajstić information content (AvgIpc) is 2.43. The molecular formula is C14H17ClFNO2. The average molecular weight is 286 g/mol. The van der Waals surface area contributed by atoms with Gasteiger partial charge in [-0.1, -0.05) is 23.7 Å². The molecule has 2 N–H and O–H groups in total. The van der Waals surface area contributed by atoms with Crippen LogP contribution in [0, 0.1) is 5.82 Å². The summed E-state index contributed by atoms with van der Waals surface area (Å²) in [6.45, 7) is 2.44. The summed E-state index contributed by atoms with van der Waals surface area (Å²) in [7, 11) is 0. The fraction of sp³-hybridized carbons (Fsp3) is 0.429. The number of halogens is 2. The Balaban J connectivity index is 1.81. The summed E-state index contributed by atoms with van der Waals surface area (Å²) in [6, 6.07) is 4.34. The van der Waals surface area contributed by atoms with Crippen LogP contribution in [-0.4, -0.2) is 31.4 Å². The summed E-state index contributed by atoms with van der Waals surface area (Å²) >= 11 is 5.60. The first kappa shape index (κ1) is 14.5. The Kier molecular flexibility index (Phi) is 5.34. The lowest BCUT2D eigenvalue weighted by atomic mass is 10.1. The van der Waals surface area contributed by atoms with Gasteiger partial charge in [0.1, 0.15) is 5.82 Å². The second-order valence-electron chi connectivity index (χ2n) is 4.52. The Hall–Kier alpha value is -0.940. The van der Waals surface area contributed by atoms with Crippen molar-refractivity contribution < 1.29 is 14.2 Å². The van der Waals surface area contributed by atoms with Crippen molar-refractivity contribution in [1.82, 2.24) is 5.32 Å². The van der Waals surface area contributed by atoms with Crippen molar-refractivity contribution in [3.63, 3.8) is 0 Å². The van der Waals surface area contributed by atoms with Gasteiger partial charge in [0.25, 0.3) is 0 Å². The highest BCUT2D eigenvalue weighted by Gasteiger charge is 2.10. The van der Waals surface area contributed by atoms with Crippen LogP contribution in [0.25, 0.3) is 0 Å².